The third-order valence-corrected chi connectivity index (χ3v) is 9.47. The van der Waals surface area contributed by atoms with E-state index < -0.39 is 10.0 Å². The molecule has 1 aromatic carbocycles. The summed E-state index contributed by atoms with van der Waals surface area (Å²) in [5, 5.41) is 17.9. The quantitative estimate of drug-likeness (QED) is 0.236. The zero-order valence-corrected chi connectivity index (χ0v) is 25.4. The van der Waals surface area contributed by atoms with Crippen LogP contribution in [0.15, 0.2) is 27.9 Å². The van der Waals surface area contributed by atoms with Crippen molar-refractivity contribution in [1.29, 1.82) is 0 Å². The summed E-state index contributed by atoms with van der Waals surface area (Å²) in [7, 11) is -3.80. The van der Waals surface area contributed by atoms with Gasteiger partial charge < -0.3 is 14.8 Å². The Morgan fingerprint density at radius 1 is 1.00 bits per heavy atom. The molecule has 0 bridgehead atoms. The van der Waals surface area contributed by atoms with Crippen LogP contribution < -0.4 is 10.4 Å². The van der Waals surface area contributed by atoms with E-state index in [0.29, 0.717) is 92.1 Å². The predicted molar refractivity (Wildman–Crippen MR) is 159 cm³/mol. The topological polar surface area (TPSA) is 151 Å². The Morgan fingerprint density at radius 3 is 2.48 bits per heavy atom. The number of fused-ring (bicyclic) bond motifs is 3. The fourth-order valence-corrected chi connectivity index (χ4v) is 6.76. The number of piperazine rings is 1. The van der Waals surface area contributed by atoms with Gasteiger partial charge in [0.2, 0.25) is 10.0 Å². The van der Waals surface area contributed by atoms with Gasteiger partial charge in [-0.05, 0) is 37.5 Å². The Morgan fingerprint density at radius 2 is 1.79 bits per heavy atom. The van der Waals surface area contributed by atoms with Crippen LogP contribution in [0, 0.1) is 0 Å². The molecule has 5 rings (SSSR count). The molecule has 1 aliphatic heterocycles. The number of aromatic amines is 1. The van der Waals surface area contributed by atoms with E-state index >= 15 is 0 Å². The maximum absolute atomic E-state index is 13.7. The van der Waals surface area contributed by atoms with Crippen molar-refractivity contribution in [3.05, 3.63) is 34.5 Å². The monoisotopic (exact) mass is 600 g/mol. The van der Waals surface area contributed by atoms with Crippen molar-refractivity contribution in [3.8, 4) is 17.1 Å². The zero-order valence-electron chi connectivity index (χ0n) is 24.5. The number of sulfonamides is 1. The van der Waals surface area contributed by atoms with Gasteiger partial charge in [-0.25, -0.2) is 22.6 Å². The van der Waals surface area contributed by atoms with Crippen molar-refractivity contribution >= 4 is 26.8 Å². The molecule has 4 heterocycles. The Kier molecular flexibility index (Phi) is 9.25. The Hall–Kier alpha value is -3.33. The lowest BCUT2D eigenvalue weighted by molar-refractivity contribution is 0.151. The number of β-amino-alcohol motifs (C(OH)–C–C–N with tert-alkyl or cyclic N) is 1. The molecule has 0 atom stereocenters. The van der Waals surface area contributed by atoms with Crippen molar-refractivity contribution in [2.75, 3.05) is 45.9 Å². The molecule has 4 aromatic rings. The second kappa shape index (κ2) is 12.9. The van der Waals surface area contributed by atoms with Crippen LogP contribution in [-0.4, -0.2) is 97.8 Å². The highest BCUT2D eigenvalue weighted by atomic mass is 32.2. The standard InChI is InChI=1S/C28H40N8O5S/c1-4-7-11-35-26-24(27-32-31-23(8-5-2)36(27)28(35)38)29-25(30-26)21-19-20(9-10-22(21)41-18-6-3)42(39,40)34-14-12-33(13-15-34)16-17-37/h9-10,19,37H,4-8,11-18H2,1-3H3,(H,29,30). The molecule has 14 heteroatoms. The predicted octanol–water partition coefficient (Wildman–Crippen LogP) is 2.27. The molecule has 1 saturated heterocycles. The third-order valence-electron chi connectivity index (χ3n) is 7.58. The average molecular weight is 601 g/mol. The van der Waals surface area contributed by atoms with Gasteiger partial charge in [0.05, 0.1) is 23.7 Å². The first kappa shape index (κ1) is 30.1. The molecule has 1 fully saturated rings. The molecular formula is C28H40N8O5S. The van der Waals surface area contributed by atoms with Crippen molar-refractivity contribution < 1.29 is 18.3 Å². The highest BCUT2D eigenvalue weighted by molar-refractivity contribution is 7.89. The van der Waals surface area contributed by atoms with E-state index in [1.165, 1.54) is 4.31 Å². The number of H-pyrrole nitrogens is 1. The maximum Gasteiger partial charge on any atom is 0.337 e. The first-order chi connectivity index (χ1) is 20.3. The van der Waals surface area contributed by atoms with Gasteiger partial charge in [0.1, 0.15) is 22.9 Å². The summed E-state index contributed by atoms with van der Waals surface area (Å²) in [6.45, 7) is 9.36. The Labute approximate surface area is 245 Å². The number of hydrogen-bond acceptors (Lipinski definition) is 9. The van der Waals surface area contributed by atoms with E-state index in [1.807, 2.05) is 18.7 Å². The summed E-state index contributed by atoms with van der Waals surface area (Å²) in [6.07, 6.45) is 3.89. The summed E-state index contributed by atoms with van der Waals surface area (Å²) in [6, 6.07) is 4.83. The summed E-state index contributed by atoms with van der Waals surface area (Å²) in [5.74, 6) is 1.48. The zero-order chi connectivity index (χ0) is 29.9. The lowest BCUT2D eigenvalue weighted by atomic mass is 10.2. The number of hydrogen-bond donors (Lipinski definition) is 2. The molecule has 3 aromatic heterocycles. The van der Waals surface area contributed by atoms with Gasteiger partial charge in [-0.1, -0.05) is 27.2 Å². The van der Waals surface area contributed by atoms with Gasteiger partial charge in [0.25, 0.3) is 0 Å². The molecule has 228 valence electrons. The second-order valence-corrected chi connectivity index (χ2v) is 12.5. The number of aryl methyl sites for hydroxylation is 2. The largest absolute Gasteiger partial charge is 0.493 e. The van der Waals surface area contributed by atoms with Crippen molar-refractivity contribution in [2.24, 2.45) is 0 Å². The third kappa shape index (κ3) is 5.68. The fourth-order valence-electron chi connectivity index (χ4n) is 5.31. The van der Waals surface area contributed by atoms with E-state index in [0.717, 1.165) is 25.7 Å². The lowest BCUT2D eigenvalue weighted by Gasteiger charge is -2.33. The van der Waals surface area contributed by atoms with Gasteiger partial charge in [-0.2, -0.15) is 4.31 Å². The molecule has 0 saturated carbocycles. The van der Waals surface area contributed by atoms with Crippen LogP contribution >= 0.6 is 0 Å². The van der Waals surface area contributed by atoms with E-state index in [-0.39, 0.29) is 17.2 Å². The number of nitrogens with one attached hydrogen (secondary N) is 1. The number of aromatic nitrogens is 6. The molecule has 0 radical (unpaired) electrons. The number of unbranched alkanes of at least 4 members (excludes halogenated alkanes) is 1. The number of nitrogens with zero attached hydrogens (tertiary/aromatic N) is 7. The molecule has 2 N–H and O–H groups in total. The second-order valence-electron chi connectivity index (χ2n) is 10.6. The van der Waals surface area contributed by atoms with Crippen LogP contribution in [0.2, 0.25) is 0 Å². The summed E-state index contributed by atoms with van der Waals surface area (Å²) < 4.78 is 38.1. The van der Waals surface area contributed by atoms with E-state index in [4.69, 9.17) is 9.72 Å². The number of aliphatic hydroxyl groups is 1. The SMILES string of the molecule is CCCCn1c(=O)n2c(CCC)nnc2c2[nH]c(-c3cc(S(=O)(=O)N4CCN(CCO)CC4)ccc3OCCC)nc21. The van der Waals surface area contributed by atoms with Crippen LogP contribution in [0.3, 0.4) is 0 Å². The molecule has 0 unspecified atom stereocenters. The normalized spacial score (nSPS) is 15.2. The fraction of sp³-hybridized carbons (Fsp3) is 0.571. The van der Waals surface area contributed by atoms with Crippen LogP contribution in [0.5, 0.6) is 5.75 Å². The lowest BCUT2D eigenvalue weighted by Crippen LogP contribution is -2.49. The first-order valence-corrected chi connectivity index (χ1v) is 16.2. The molecule has 0 spiro atoms. The number of rotatable bonds is 13. The van der Waals surface area contributed by atoms with E-state index in [2.05, 4.69) is 22.1 Å². The Balaban J connectivity index is 1.63. The number of ether oxygens (including phenoxy) is 1. The highest BCUT2D eigenvalue weighted by Crippen LogP contribution is 2.34. The number of aliphatic hydroxyl groups excluding tert-OH is 1. The summed E-state index contributed by atoms with van der Waals surface area (Å²) in [5.41, 5.74) is 1.65. The summed E-state index contributed by atoms with van der Waals surface area (Å²) in [4.78, 5) is 24.0. The number of imidazole rings is 1. The maximum atomic E-state index is 13.7. The van der Waals surface area contributed by atoms with Crippen LogP contribution in [0.25, 0.3) is 28.2 Å². The molecule has 1 aliphatic rings. The van der Waals surface area contributed by atoms with Crippen molar-refractivity contribution in [2.45, 2.75) is 64.3 Å². The number of benzene rings is 1. The Bertz CT molecular complexity index is 1700. The van der Waals surface area contributed by atoms with Gasteiger partial charge >= 0.3 is 5.69 Å². The first-order valence-electron chi connectivity index (χ1n) is 14.8. The summed E-state index contributed by atoms with van der Waals surface area (Å²) >= 11 is 0. The van der Waals surface area contributed by atoms with Gasteiger partial charge in [0.15, 0.2) is 11.3 Å². The van der Waals surface area contributed by atoms with Crippen LogP contribution in [0.1, 0.15) is 52.3 Å². The molecule has 42 heavy (non-hydrogen) atoms. The van der Waals surface area contributed by atoms with Crippen LogP contribution in [0.4, 0.5) is 0 Å². The molecule has 0 amide bonds. The smallest absolute Gasteiger partial charge is 0.337 e. The highest BCUT2D eigenvalue weighted by Gasteiger charge is 2.30. The van der Waals surface area contributed by atoms with E-state index in [9.17, 15) is 18.3 Å². The van der Waals surface area contributed by atoms with Crippen molar-refractivity contribution in [1.82, 2.24) is 38.3 Å². The van der Waals surface area contributed by atoms with E-state index in [1.54, 1.807) is 27.2 Å². The van der Waals surface area contributed by atoms with Gasteiger partial charge in [-0.15, -0.1) is 10.2 Å². The minimum absolute atomic E-state index is 0.0418. The van der Waals surface area contributed by atoms with Gasteiger partial charge in [-0.3, -0.25) is 9.47 Å². The molecule has 13 nitrogen and oxygen atoms in total. The molecule has 0 aliphatic carbocycles. The minimum atomic E-state index is -3.80. The van der Waals surface area contributed by atoms with Gasteiger partial charge in [0, 0.05) is 45.7 Å². The van der Waals surface area contributed by atoms with Crippen molar-refractivity contribution in [3.63, 3.8) is 0 Å². The van der Waals surface area contributed by atoms with Crippen LogP contribution in [-0.2, 0) is 23.0 Å². The average Bonchev–Trinajstić information content (AvgIpc) is 3.62. The molecular weight excluding hydrogens is 560 g/mol. The minimum Gasteiger partial charge on any atom is -0.493 e.